The van der Waals surface area contributed by atoms with Gasteiger partial charge >= 0.3 is 11.9 Å². The highest BCUT2D eigenvalue weighted by Crippen LogP contribution is 2.41. The van der Waals surface area contributed by atoms with Crippen LogP contribution in [-0.4, -0.2) is 83.2 Å². The van der Waals surface area contributed by atoms with Gasteiger partial charge in [-0.05, 0) is 50.5 Å². The monoisotopic (exact) mass is 696 g/mol. The Labute approximate surface area is 299 Å². The Balaban J connectivity index is 1.71. The quantitative estimate of drug-likeness (QED) is 0.166. The molecule has 3 heterocycles. The first-order chi connectivity index (χ1) is 23.8. The van der Waals surface area contributed by atoms with Gasteiger partial charge in [-0.3, -0.25) is 0 Å². The molecule has 278 valence electrons. The van der Waals surface area contributed by atoms with Gasteiger partial charge in [-0.25, -0.2) is 9.59 Å². The number of esters is 2. The summed E-state index contributed by atoms with van der Waals surface area (Å²) in [6.45, 7) is 13.9. The van der Waals surface area contributed by atoms with Gasteiger partial charge in [0, 0.05) is 31.3 Å². The number of hydrogen-bond acceptors (Lipinski definition) is 9. The van der Waals surface area contributed by atoms with Crippen molar-refractivity contribution >= 4 is 11.9 Å². The van der Waals surface area contributed by atoms with Crippen molar-refractivity contribution in [3.63, 3.8) is 0 Å². The normalized spacial score (nSPS) is 35.3. The maximum atomic E-state index is 13.0. The molecule has 3 rings (SSSR count). The fraction of sp³-hybridized carbons (Fsp3) is 0.610. The van der Waals surface area contributed by atoms with E-state index < -0.39 is 41.8 Å². The predicted molar refractivity (Wildman–Crippen MR) is 195 cm³/mol. The minimum absolute atomic E-state index is 0.0218. The molecular weight excluding hydrogens is 636 g/mol. The minimum Gasteiger partial charge on any atom is -0.459 e. The zero-order valence-corrected chi connectivity index (χ0v) is 30.6. The Morgan fingerprint density at radius 3 is 2.66 bits per heavy atom. The Morgan fingerprint density at radius 2 is 1.92 bits per heavy atom. The van der Waals surface area contributed by atoms with E-state index in [1.807, 2.05) is 57.2 Å². The lowest BCUT2D eigenvalue weighted by Crippen LogP contribution is -2.55. The van der Waals surface area contributed by atoms with Gasteiger partial charge in [0.1, 0.15) is 12.7 Å². The van der Waals surface area contributed by atoms with E-state index in [2.05, 4.69) is 26.5 Å². The van der Waals surface area contributed by atoms with Gasteiger partial charge in [-0.2, -0.15) is 0 Å². The van der Waals surface area contributed by atoms with Crippen LogP contribution < -0.4 is 0 Å². The lowest BCUT2D eigenvalue weighted by Gasteiger charge is -2.47. The third-order valence-corrected chi connectivity index (χ3v) is 9.79. The fourth-order valence-corrected chi connectivity index (χ4v) is 6.27. The smallest absolute Gasteiger partial charge is 0.335 e. The molecule has 3 N–H and O–H groups in total. The van der Waals surface area contributed by atoms with E-state index in [1.165, 1.54) is 6.08 Å². The second kappa shape index (κ2) is 20.7. The molecule has 3 aliphatic heterocycles. The summed E-state index contributed by atoms with van der Waals surface area (Å²) in [7, 11) is 0. The lowest BCUT2D eigenvalue weighted by atomic mass is 9.73. The van der Waals surface area contributed by atoms with E-state index in [-0.39, 0.29) is 43.9 Å². The van der Waals surface area contributed by atoms with Crippen molar-refractivity contribution in [2.75, 3.05) is 13.2 Å². The second-order valence-corrected chi connectivity index (χ2v) is 14.6. The average Bonchev–Trinajstić information content (AvgIpc) is 3.07. The molecule has 9 atom stereocenters. The molecule has 0 radical (unpaired) electrons. The van der Waals surface area contributed by atoms with Crippen LogP contribution in [0, 0.1) is 17.3 Å². The average molecular weight is 697 g/mol. The highest BCUT2D eigenvalue weighted by atomic mass is 16.6. The highest BCUT2D eigenvalue weighted by Gasteiger charge is 2.49. The summed E-state index contributed by atoms with van der Waals surface area (Å²) in [6, 6.07) is 0. The standard InChI is InChI=1S/C41H60O9/c1-28(2)21-22-30(4)26-47-40(46)34(43)18-13-14-19-37-41(6,27-42)38-25-33(49-37)17-10-7-9-15-29(3)23-36-31(5)35(44)24-32(48-36)16-11-8-12-20-39(45)50-38/h8-15,17,20,23,28,31-38,42-44H,4,7,16,18-19,21-22,24-27H2,1-3,5-6H3/b11-8+,14-13-,15-9-,17-10+,20-12-,29-23+/t31-,32+,33-,34-,35+,36-,37+,38-,41+/m0/s1. The molecule has 9 heteroatoms. The van der Waals surface area contributed by atoms with E-state index in [0.29, 0.717) is 38.0 Å². The first-order valence-corrected chi connectivity index (χ1v) is 18.1. The van der Waals surface area contributed by atoms with Gasteiger partial charge < -0.3 is 34.3 Å². The first-order valence-electron chi connectivity index (χ1n) is 18.1. The Hall–Kier alpha value is -3.08. The van der Waals surface area contributed by atoms with Crippen LogP contribution in [0.5, 0.6) is 0 Å². The number of aliphatic hydroxyl groups excluding tert-OH is 3. The van der Waals surface area contributed by atoms with Crippen molar-refractivity contribution < 1.29 is 43.9 Å². The molecule has 0 saturated carbocycles. The van der Waals surface area contributed by atoms with E-state index in [9.17, 15) is 24.9 Å². The summed E-state index contributed by atoms with van der Waals surface area (Å²) in [5, 5.41) is 31.6. The molecule has 50 heavy (non-hydrogen) atoms. The van der Waals surface area contributed by atoms with E-state index >= 15 is 0 Å². The molecule has 0 spiro atoms. The van der Waals surface area contributed by atoms with Crippen molar-refractivity contribution in [2.24, 2.45) is 17.3 Å². The molecule has 0 aromatic carbocycles. The molecule has 0 aliphatic carbocycles. The summed E-state index contributed by atoms with van der Waals surface area (Å²) >= 11 is 0. The van der Waals surface area contributed by atoms with Gasteiger partial charge in [-0.15, -0.1) is 0 Å². The maximum Gasteiger partial charge on any atom is 0.335 e. The SMILES string of the molecule is C=C(CCC(C)C)COC(=O)[C@@H](O)C/C=C\C[C@H]1O[C@H]2/C=C/C/C=C\C(C)=C\[C@@H]3O[C@H](C/C=C/C=C\C(=O)O[C@@H](C2)[C@]1(C)CO)C[C@@H](O)[C@@H]3C. The number of rotatable bonds is 11. The summed E-state index contributed by atoms with van der Waals surface area (Å²) in [5.41, 5.74) is 0.954. The predicted octanol–water partition coefficient (Wildman–Crippen LogP) is 6.41. The molecule has 4 bridgehead atoms. The third-order valence-electron chi connectivity index (χ3n) is 9.79. The van der Waals surface area contributed by atoms with Crippen LogP contribution in [0.1, 0.15) is 86.0 Å². The number of allylic oxidation sites excluding steroid dienone is 6. The van der Waals surface area contributed by atoms with Gasteiger partial charge in [0.2, 0.25) is 0 Å². The van der Waals surface area contributed by atoms with Gasteiger partial charge in [0.25, 0.3) is 0 Å². The largest absolute Gasteiger partial charge is 0.459 e. The van der Waals surface area contributed by atoms with Crippen molar-refractivity contribution in [3.8, 4) is 0 Å². The fourth-order valence-electron chi connectivity index (χ4n) is 6.27. The zero-order chi connectivity index (χ0) is 36.7. The summed E-state index contributed by atoms with van der Waals surface area (Å²) in [5.74, 6) is -0.720. The number of ether oxygens (including phenoxy) is 4. The van der Waals surface area contributed by atoms with Crippen LogP contribution in [-0.2, 0) is 28.5 Å². The first kappa shape index (κ1) is 41.3. The summed E-state index contributed by atoms with van der Waals surface area (Å²) in [4.78, 5) is 25.3. The maximum absolute atomic E-state index is 13.0. The van der Waals surface area contributed by atoms with Crippen LogP contribution in [0.15, 0.2) is 84.6 Å². The molecule has 0 amide bonds. The molecule has 0 aromatic heterocycles. The zero-order valence-electron chi connectivity index (χ0n) is 30.6. The van der Waals surface area contributed by atoms with Crippen molar-refractivity contribution in [1.29, 1.82) is 0 Å². The van der Waals surface area contributed by atoms with Crippen LogP contribution >= 0.6 is 0 Å². The number of carbonyl (C=O) groups is 2. The molecule has 0 aromatic rings. The van der Waals surface area contributed by atoms with E-state index in [0.717, 1.165) is 24.0 Å². The van der Waals surface area contributed by atoms with Crippen LogP contribution in [0.3, 0.4) is 0 Å². The number of aliphatic hydroxyl groups is 3. The second-order valence-electron chi connectivity index (χ2n) is 14.6. The highest BCUT2D eigenvalue weighted by molar-refractivity contribution is 5.82. The van der Waals surface area contributed by atoms with Crippen LogP contribution in [0.2, 0.25) is 0 Å². The molecular formula is C41H60O9. The van der Waals surface area contributed by atoms with Gasteiger partial charge in [0.05, 0.1) is 42.5 Å². The Morgan fingerprint density at radius 1 is 1.14 bits per heavy atom. The molecule has 2 fully saturated rings. The molecule has 9 nitrogen and oxygen atoms in total. The lowest BCUT2D eigenvalue weighted by molar-refractivity contribution is -0.198. The number of hydrogen-bond donors (Lipinski definition) is 3. The van der Waals surface area contributed by atoms with E-state index in [1.54, 1.807) is 18.2 Å². The summed E-state index contributed by atoms with van der Waals surface area (Å²) in [6.07, 6.45) is 21.0. The molecule has 2 saturated heterocycles. The number of carbonyl (C=O) groups excluding carboxylic acids is 2. The Kier molecular flexibility index (Phi) is 17.1. The molecule has 3 aliphatic rings. The summed E-state index contributed by atoms with van der Waals surface area (Å²) < 4.78 is 23.9. The van der Waals surface area contributed by atoms with Crippen LogP contribution in [0.25, 0.3) is 0 Å². The number of fused-ring (bicyclic) bond motifs is 4. The topological polar surface area (TPSA) is 132 Å². The van der Waals surface area contributed by atoms with Gasteiger partial charge in [0.15, 0.2) is 6.10 Å². The van der Waals surface area contributed by atoms with Crippen LogP contribution in [0.4, 0.5) is 0 Å². The third kappa shape index (κ3) is 13.2. The van der Waals surface area contributed by atoms with Gasteiger partial charge in [-0.1, -0.05) is 101 Å². The Bertz CT molecular complexity index is 1290. The molecule has 0 unspecified atom stereocenters. The van der Waals surface area contributed by atoms with Crippen molar-refractivity contribution in [3.05, 3.63) is 84.6 Å². The van der Waals surface area contributed by atoms with E-state index in [4.69, 9.17) is 18.9 Å². The van der Waals surface area contributed by atoms with Crippen molar-refractivity contribution in [2.45, 2.75) is 129 Å². The minimum atomic E-state index is -1.31. The van der Waals surface area contributed by atoms with Crippen molar-refractivity contribution in [1.82, 2.24) is 0 Å².